The SMILES string of the molecule is COCC(=O)c1cc2ccccc2oc1=O. The Hall–Kier alpha value is -1.94. The molecule has 0 aliphatic heterocycles. The Kier molecular flexibility index (Phi) is 2.83. The third kappa shape index (κ3) is 1.87. The van der Waals surface area contributed by atoms with E-state index < -0.39 is 5.63 Å². The highest BCUT2D eigenvalue weighted by molar-refractivity contribution is 5.99. The lowest BCUT2D eigenvalue weighted by molar-refractivity contribution is 0.0844. The van der Waals surface area contributed by atoms with E-state index in [1.54, 1.807) is 18.2 Å². The van der Waals surface area contributed by atoms with Crippen molar-refractivity contribution in [1.82, 2.24) is 0 Å². The second-order valence-electron chi connectivity index (χ2n) is 3.34. The first kappa shape index (κ1) is 10.6. The second-order valence-corrected chi connectivity index (χ2v) is 3.34. The normalized spacial score (nSPS) is 10.6. The molecule has 0 saturated carbocycles. The zero-order valence-corrected chi connectivity index (χ0v) is 8.73. The van der Waals surface area contributed by atoms with Crippen LogP contribution in [0.1, 0.15) is 10.4 Å². The molecule has 1 aromatic heterocycles. The minimum absolute atomic E-state index is 0.0283. The lowest BCUT2D eigenvalue weighted by Gasteiger charge is -2.00. The third-order valence-electron chi connectivity index (χ3n) is 2.22. The van der Waals surface area contributed by atoms with E-state index in [1.807, 2.05) is 6.07 Å². The molecule has 0 aliphatic carbocycles. The van der Waals surface area contributed by atoms with Crippen molar-refractivity contribution in [2.24, 2.45) is 0 Å². The molecular weight excluding hydrogens is 208 g/mol. The molecule has 0 N–H and O–H groups in total. The molecule has 0 fully saturated rings. The average molecular weight is 218 g/mol. The van der Waals surface area contributed by atoms with Crippen LogP contribution in [-0.2, 0) is 4.74 Å². The number of ketones is 1. The molecule has 2 rings (SSSR count). The van der Waals surface area contributed by atoms with Gasteiger partial charge < -0.3 is 9.15 Å². The molecule has 0 aliphatic rings. The van der Waals surface area contributed by atoms with Crippen LogP contribution >= 0.6 is 0 Å². The van der Waals surface area contributed by atoms with Gasteiger partial charge in [-0.2, -0.15) is 0 Å². The maximum atomic E-state index is 11.5. The van der Waals surface area contributed by atoms with Crippen molar-refractivity contribution >= 4 is 16.8 Å². The van der Waals surface area contributed by atoms with E-state index in [0.717, 1.165) is 5.39 Å². The molecule has 0 spiro atoms. The van der Waals surface area contributed by atoms with Gasteiger partial charge in [0.05, 0.1) is 0 Å². The number of para-hydroxylation sites is 1. The number of carbonyl (C=O) groups is 1. The fourth-order valence-electron chi connectivity index (χ4n) is 1.47. The van der Waals surface area contributed by atoms with Crippen LogP contribution in [0.25, 0.3) is 11.0 Å². The third-order valence-corrected chi connectivity index (χ3v) is 2.22. The Balaban J connectivity index is 2.58. The lowest BCUT2D eigenvalue weighted by atomic mass is 10.1. The molecule has 0 unspecified atom stereocenters. The van der Waals surface area contributed by atoms with Gasteiger partial charge in [0, 0.05) is 12.5 Å². The molecule has 0 radical (unpaired) electrons. The van der Waals surface area contributed by atoms with Crippen molar-refractivity contribution in [3.63, 3.8) is 0 Å². The van der Waals surface area contributed by atoms with Crippen molar-refractivity contribution in [2.75, 3.05) is 13.7 Å². The summed E-state index contributed by atoms with van der Waals surface area (Å²) in [7, 11) is 1.40. The van der Waals surface area contributed by atoms with E-state index in [9.17, 15) is 9.59 Å². The first-order chi connectivity index (χ1) is 7.72. The summed E-state index contributed by atoms with van der Waals surface area (Å²) in [6.45, 7) is -0.122. The zero-order chi connectivity index (χ0) is 11.5. The van der Waals surface area contributed by atoms with Crippen LogP contribution in [0, 0.1) is 0 Å². The minimum Gasteiger partial charge on any atom is -0.422 e. The van der Waals surface area contributed by atoms with Crippen LogP contribution < -0.4 is 5.63 Å². The minimum atomic E-state index is -0.624. The van der Waals surface area contributed by atoms with Gasteiger partial charge in [0.15, 0.2) is 5.78 Å². The Morgan fingerprint density at radius 3 is 2.88 bits per heavy atom. The van der Waals surface area contributed by atoms with Crippen LogP contribution in [0.3, 0.4) is 0 Å². The predicted octanol–water partition coefficient (Wildman–Crippen LogP) is 1.62. The first-order valence-electron chi connectivity index (χ1n) is 4.77. The smallest absolute Gasteiger partial charge is 0.347 e. The standard InChI is InChI=1S/C12H10O4/c1-15-7-10(13)9-6-8-4-2-3-5-11(8)16-12(9)14/h2-6H,7H2,1H3. The van der Waals surface area contributed by atoms with Gasteiger partial charge in [-0.05, 0) is 12.1 Å². The fourth-order valence-corrected chi connectivity index (χ4v) is 1.47. The molecule has 4 nitrogen and oxygen atoms in total. The molecule has 0 atom stereocenters. The van der Waals surface area contributed by atoms with E-state index in [2.05, 4.69) is 0 Å². The fraction of sp³-hybridized carbons (Fsp3) is 0.167. The van der Waals surface area contributed by atoms with Gasteiger partial charge in [-0.25, -0.2) is 4.79 Å². The van der Waals surface area contributed by atoms with Gasteiger partial charge in [0.2, 0.25) is 0 Å². The zero-order valence-electron chi connectivity index (χ0n) is 8.73. The molecule has 0 bridgehead atoms. The van der Waals surface area contributed by atoms with Crippen LogP contribution in [0.4, 0.5) is 0 Å². The highest BCUT2D eigenvalue weighted by Gasteiger charge is 2.12. The van der Waals surface area contributed by atoms with E-state index in [-0.39, 0.29) is 18.0 Å². The van der Waals surface area contributed by atoms with E-state index in [1.165, 1.54) is 13.2 Å². The molecule has 0 amide bonds. The Labute approximate surface area is 91.4 Å². The summed E-state index contributed by atoms with van der Waals surface area (Å²) in [6.07, 6.45) is 0. The summed E-state index contributed by atoms with van der Waals surface area (Å²) < 4.78 is 9.72. The number of rotatable bonds is 3. The summed E-state index contributed by atoms with van der Waals surface area (Å²) in [4.78, 5) is 23.0. The maximum absolute atomic E-state index is 11.5. The summed E-state index contributed by atoms with van der Waals surface area (Å²) in [6, 6.07) is 8.57. The van der Waals surface area contributed by atoms with Gasteiger partial charge in [-0.3, -0.25) is 4.79 Å². The number of Topliss-reactive ketones (excluding diaryl/α,β-unsaturated/α-hetero) is 1. The number of carbonyl (C=O) groups excluding carboxylic acids is 1. The Bertz CT molecular complexity index is 583. The number of fused-ring (bicyclic) bond motifs is 1. The summed E-state index contributed by atoms with van der Waals surface area (Å²) in [5.74, 6) is -0.373. The van der Waals surface area contributed by atoms with E-state index >= 15 is 0 Å². The highest BCUT2D eigenvalue weighted by atomic mass is 16.5. The van der Waals surface area contributed by atoms with Crippen molar-refractivity contribution in [2.45, 2.75) is 0 Å². The number of hydrogen-bond acceptors (Lipinski definition) is 4. The molecule has 16 heavy (non-hydrogen) atoms. The molecule has 4 heteroatoms. The Morgan fingerprint density at radius 1 is 1.38 bits per heavy atom. The first-order valence-corrected chi connectivity index (χ1v) is 4.77. The van der Waals surface area contributed by atoms with Crippen LogP contribution in [0.2, 0.25) is 0 Å². The summed E-state index contributed by atoms with van der Waals surface area (Å²) >= 11 is 0. The van der Waals surface area contributed by atoms with Crippen LogP contribution in [-0.4, -0.2) is 19.5 Å². The number of benzene rings is 1. The second kappa shape index (κ2) is 4.28. The molecule has 1 heterocycles. The van der Waals surface area contributed by atoms with Crippen LogP contribution in [0.5, 0.6) is 0 Å². The predicted molar refractivity (Wildman–Crippen MR) is 58.7 cm³/mol. The average Bonchev–Trinajstić information content (AvgIpc) is 2.28. The number of hydrogen-bond donors (Lipinski definition) is 0. The topological polar surface area (TPSA) is 56.5 Å². The van der Waals surface area contributed by atoms with Gasteiger partial charge >= 0.3 is 5.63 Å². The van der Waals surface area contributed by atoms with Gasteiger partial charge in [-0.15, -0.1) is 0 Å². The number of methoxy groups -OCH3 is 1. The molecule has 0 saturated heterocycles. The Morgan fingerprint density at radius 2 is 2.12 bits per heavy atom. The summed E-state index contributed by atoms with van der Waals surface area (Å²) in [5, 5.41) is 0.724. The van der Waals surface area contributed by atoms with Crippen molar-refractivity contribution in [1.29, 1.82) is 0 Å². The van der Waals surface area contributed by atoms with Crippen LogP contribution in [0.15, 0.2) is 39.5 Å². The van der Waals surface area contributed by atoms with Gasteiger partial charge in [-0.1, -0.05) is 18.2 Å². The molecule has 2 aromatic rings. The molecule has 82 valence electrons. The lowest BCUT2D eigenvalue weighted by Crippen LogP contribution is -2.17. The van der Waals surface area contributed by atoms with Crippen molar-refractivity contribution in [3.8, 4) is 0 Å². The largest absolute Gasteiger partial charge is 0.422 e. The van der Waals surface area contributed by atoms with Gasteiger partial charge in [0.25, 0.3) is 0 Å². The van der Waals surface area contributed by atoms with Gasteiger partial charge in [0.1, 0.15) is 17.8 Å². The number of ether oxygens (including phenoxy) is 1. The quantitative estimate of drug-likeness (QED) is 0.580. The van der Waals surface area contributed by atoms with Crippen molar-refractivity contribution in [3.05, 3.63) is 46.3 Å². The molecular formula is C12H10O4. The van der Waals surface area contributed by atoms with E-state index in [4.69, 9.17) is 9.15 Å². The highest BCUT2D eigenvalue weighted by Crippen LogP contribution is 2.12. The maximum Gasteiger partial charge on any atom is 0.347 e. The van der Waals surface area contributed by atoms with E-state index in [0.29, 0.717) is 5.58 Å². The summed E-state index contributed by atoms with van der Waals surface area (Å²) in [5.41, 5.74) is -0.122. The monoisotopic (exact) mass is 218 g/mol. The molecule has 1 aromatic carbocycles. The van der Waals surface area contributed by atoms with Crippen molar-refractivity contribution < 1.29 is 13.9 Å².